The molecule has 0 fully saturated rings. The van der Waals surface area contributed by atoms with Crippen LogP contribution in [-0.2, 0) is 0 Å². The summed E-state index contributed by atoms with van der Waals surface area (Å²) in [6.45, 7) is 3.79. The van der Waals surface area contributed by atoms with Crippen molar-refractivity contribution in [3.63, 3.8) is 0 Å². The molecule has 0 aliphatic heterocycles. The largest absolute Gasteiger partial charge is 0.321 e. The molecule has 146 valence electrons. The van der Waals surface area contributed by atoms with Crippen LogP contribution in [0.15, 0.2) is 72.8 Å². The molecule has 0 unspecified atom stereocenters. The second kappa shape index (κ2) is 7.08. The van der Waals surface area contributed by atoms with Crippen LogP contribution in [0, 0.1) is 13.8 Å². The van der Waals surface area contributed by atoms with Crippen molar-refractivity contribution >= 4 is 28.0 Å². The molecule has 0 aliphatic rings. The quantitative estimate of drug-likeness (QED) is 0.477. The number of nitrogens with one attached hydrogen (secondary N) is 1. The Kier molecular flexibility index (Phi) is 4.25. The number of para-hydroxylation sites is 1. The molecule has 3 aromatic carbocycles. The number of hydrogen-bond donors (Lipinski definition) is 1. The van der Waals surface area contributed by atoms with Gasteiger partial charge in [-0.1, -0.05) is 60.7 Å². The number of hydrogen-bond acceptors (Lipinski definition) is 4. The van der Waals surface area contributed by atoms with Crippen LogP contribution in [0.4, 0.5) is 5.69 Å². The smallest absolute Gasteiger partial charge is 0.278 e. The van der Waals surface area contributed by atoms with Gasteiger partial charge in [0, 0.05) is 5.69 Å². The van der Waals surface area contributed by atoms with E-state index in [2.05, 4.69) is 44.9 Å². The number of anilines is 1. The van der Waals surface area contributed by atoms with Crippen LogP contribution in [0.5, 0.6) is 0 Å². The molecule has 0 atom stereocenters. The lowest BCUT2D eigenvalue weighted by molar-refractivity contribution is 0.102. The zero-order valence-electron chi connectivity index (χ0n) is 16.6. The van der Waals surface area contributed by atoms with E-state index in [1.54, 1.807) is 4.52 Å². The van der Waals surface area contributed by atoms with E-state index in [-0.39, 0.29) is 11.6 Å². The minimum Gasteiger partial charge on any atom is -0.321 e. The number of amides is 1. The van der Waals surface area contributed by atoms with Crippen LogP contribution in [0.2, 0.25) is 0 Å². The summed E-state index contributed by atoms with van der Waals surface area (Å²) in [4.78, 5) is 12.8. The van der Waals surface area contributed by atoms with Gasteiger partial charge >= 0.3 is 0 Å². The van der Waals surface area contributed by atoms with Gasteiger partial charge in [0.2, 0.25) is 0 Å². The minimum absolute atomic E-state index is 0.248. The Labute approximate surface area is 173 Å². The molecule has 0 bridgehead atoms. The fourth-order valence-electron chi connectivity index (χ4n) is 3.79. The van der Waals surface area contributed by atoms with E-state index in [0.717, 1.165) is 27.6 Å². The van der Waals surface area contributed by atoms with Gasteiger partial charge in [-0.25, -0.2) is 4.52 Å². The molecular weight excluding hydrogens is 374 g/mol. The lowest BCUT2D eigenvalue weighted by atomic mass is 9.98. The number of fused-ring (bicyclic) bond motifs is 2. The first kappa shape index (κ1) is 18.0. The van der Waals surface area contributed by atoms with Gasteiger partial charge in [0.05, 0.1) is 17.0 Å². The molecule has 2 aromatic heterocycles. The first-order valence-corrected chi connectivity index (χ1v) is 9.70. The van der Waals surface area contributed by atoms with E-state index < -0.39 is 0 Å². The van der Waals surface area contributed by atoms with Crippen LogP contribution in [0.1, 0.15) is 21.9 Å². The Morgan fingerprint density at radius 3 is 2.43 bits per heavy atom. The van der Waals surface area contributed by atoms with Gasteiger partial charge in [0.25, 0.3) is 5.91 Å². The summed E-state index contributed by atoms with van der Waals surface area (Å²) < 4.78 is 1.71. The minimum atomic E-state index is -0.312. The second-order valence-corrected chi connectivity index (χ2v) is 7.18. The Morgan fingerprint density at radius 2 is 1.60 bits per heavy atom. The number of benzene rings is 3. The summed E-state index contributed by atoms with van der Waals surface area (Å²) in [6.07, 6.45) is 0. The van der Waals surface area contributed by atoms with Gasteiger partial charge in [0.1, 0.15) is 0 Å². The zero-order valence-corrected chi connectivity index (χ0v) is 16.6. The van der Waals surface area contributed by atoms with Gasteiger partial charge in [-0.2, -0.15) is 5.10 Å². The predicted octanol–water partition coefficient (Wildman–Crippen LogP) is 4.81. The van der Waals surface area contributed by atoms with E-state index in [4.69, 9.17) is 0 Å². The lowest BCUT2D eigenvalue weighted by Crippen LogP contribution is -2.18. The van der Waals surface area contributed by atoms with Crippen LogP contribution >= 0.6 is 0 Å². The van der Waals surface area contributed by atoms with Crippen molar-refractivity contribution in [3.05, 3.63) is 89.9 Å². The molecule has 5 rings (SSSR count). The van der Waals surface area contributed by atoms with Crippen LogP contribution in [-0.4, -0.2) is 25.7 Å². The number of rotatable bonds is 3. The second-order valence-electron chi connectivity index (χ2n) is 7.18. The molecule has 1 amide bonds. The average Bonchev–Trinajstić information content (AvgIpc) is 3.11. The zero-order chi connectivity index (χ0) is 20.7. The number of carbonyl (C=O) groups excluding carboxylic acids is 1. The van der Waals surface area contributed by atoms with Gasteiger partial charge in [-0.3, -0.25) is 4.79 Å². The van der Waals surface area contributed by atoms with Crippen molar-refractivity contribution in [2.45, 2.75) is 13.8 Å². The van der Waals surface area contributed by atoms with Crippen LogP contribution in [0.25, 0.3) is 27.5 Å². The number of aromatic nitrogens is 4. The van der Waals surface area contributed by atoms with E-state index in [0.29, 0.717) is 17.0 Å². The molecule has 0 radical (unpaired) electrons. The molecule has 2 heterocycles. The highest BCUT2D eigenvalue weighted by Gasteiger charge is 2.21. The molecule has 5 aromatic rings. The molecule has 6 heteroatoms. The monoisotopic (exact) mass is 393 g/mol. The van der Waals surface area contributed by atoms with Crippen LogP contribution < -0.4 is 5.32 Å². The van der Waals surface area contributed by atoms with Crippen molar-refractivity contribution < 1.29 is 4.79 Å². The normalized spacial score (nSPS) is 11.1. The molecule has 0 saturated carbocycles. The number of nitrogens with zero attached hydrogens (tertiary/aromatic N) is 4. The van der Waals surface area contributed by atoms with E-state index >= 15 is 0 Å². The third-order valence-electron chi connectivity index (χ3n) is 5.25. The fraction of sp³-hybridized carbons (Fsp3) is 0.0833. The van der Waals surface area contributed by atoms with Gasteiger partial charge in [-0.05, 0) is 42.3 Å². The van der Waals surface area contributed by atoms with Crippen molar-refractivity contribution in [2.75, 3.05) is 5.32 Å². The van der Waals surface area contributed by atoms with Crippen molar-refractivity contribution in [3.8, 4) is 11.1 Å². The van der Waals surface area contributed by atoms with Crippen molar-refractivity contribution in [1.29, 1.82) is 0 Å². The van der Waals surface area contributed by atoms with Gasteiger partial charge in [0.15, 0.2) is 11.3 Å². The maximum Gasteiger partial charge on any atom is 0.278 e. The molecule has 6 nitrogen and oxygen atoms in total. The first-order chi connectivity index (χ1) is 14.6. The van der Waals surface area contributed by atoms with Gasteiger partial charge in [-0.15, -0.1) is 10.2 Å². The Hall–Kier alpha value is -4.06. The predicted molar refractivity (Wildman–Crippen MR) is 118 cm³/mol. The summed E-state index contributed by atoms with van der Waals surface area (Å²) in [7, 11) is 0. The van der Waals surface area contributed by atoms with E-state index in [1.807, 2.05) is 62.4 Å². The Bertz CT molecular complexity index is 1400. The fourth-order valence-corrected chi connectivity index (χ4v) is 3.79. The van der Waals surface area contributed by atoms with Crippen molar-refractivity contribution in [1.82, 2.24) is 19.8 Å². The summed E-state index contributed by atoms with van der Waals surface area (Å²) in [5.74, 6) is -0.312. The molecule has 30 heavy (non-hydrogen) atoms. The summed E-state index contributed by atoms with van der Waals surface area (Å²) in [6, 6.07) is 23.7. The third-order valence-corrected chi connectivity index (χ3v) is 5.25. The SMILES string of the molecule is Cc1nn2c(C)c(C(=O)Nc3ccccc3)nnc2c1-c1cccc2ccccc12. The molecule has 0 spiro atoms. The first-order valence-electron chi connectivity index (χ1n) is 9.70. The molecule has 1 N–H and O–H groups in total. The standard InChI is InChI=1S/C24H19N5O/c1-15-21(20-14-8-10-17-9-6-7-13-19(17)20)23-27-26-22(16(2)29(23)28-15)24(30)25-18-11-4-3-5-12-18/h3-14H,1-2H3,(H,25,30). The number of aryl methyl sites for hydroxylation is 2. The highest BCUT2D eigenvalue weighted by atomic mass is 16.2. The van der Waals surface area contributed by atoms with E-state index in [1.165, 1.54) is 0 Å². The Balaban J connectivity index is 1.64. The highest BCUT2D eigenvalue weighted by Crippen LogP contribution is 2.33. The van der Waals surface area contributed by atoms with E-state index in [9.17, 15) is 4.79 Å². The highest BCUT2D eigenvalue weighted by molar-refractivity contribution is 6.04. The van der Waals surface area contributed by atoms with Crippen LogP contribution in [0.3, 0.4) is 0 Å². The summed E-state index contributed by atoms with van der Waals surface area (Å²) in [5, 5.41) is 18.5. The maximum absolute atomic E-state index is 12.8. The third kappa shape index (κ3) is 2.90. The topological polar surface area (TPSA) is 72.2 Å². The average molecular weight is 393 g/mol. The lowest BCUT2D eigenvalue weighted by Gasteiger charge is -2.08. The molecule has 0 aliphatic carbocycles. The maximum atomic E-state index is 12.8. The summed E-state index contributed by atoms with van der Waals surface area (Å²) >= 11 is 0. The molecular formula is C24H19N5O. The summed E-state index contributed by atoms with van der Waals surface area (Å²) in [5.41, 5.74) is 5.05. The number of carbonyl (C=O) groups is 1. The Morgan fingerprint density at radius 1 is 0.867 bits per heavy atom. The molecule has 0 saturated heterocycles. The van der Waals surface area contributed by atoms with Crippen molar-refractivity contribution in [2.24, 2.45) is 0 Å². The van der Waals surface area contributed by atoms with Gasteiger partial charge < -0.3 is 5.32 Å².